The van der Waals surface area contributed by atoms with E-state index in [0.29, 0.717) is 25.7 Å². The Hall–Kier alpha value is -1.92. The number of ether oxygens (including phenoxy) is 1. The first-order valence-corrected chi connectivity index (χ1v) is 15.3. The molecule has 1 aromatic carbocycles. The highest BCUT2D eigenvalue weighted by Gasteiger charge is 2.31. The SMILES string of the molecule is CCCC[N+](CCCC)(CCCC)CCCC.NC(C(=O)OCc1ccccc1)C1CCC(C(=O)[O-])CC1. The molecular formula is C32H56N2O4. The van der Waals surface area contributed by atoms with Crippen molar-refractivity contribution in [1.82, 2.24) is 0 Å². The summed E-state index contributed by atoms with van der Waals surface area (Å²) in [6.07, 6.45) is 13.4. The molecule has 2 N–H and O–H groups in total. The van der Waals surface area contributed by atoms with E-state index in [9.17, 15) is 14.7 Å². The first kappa shape index (κ1) is 34.1. The summed E-state index contributed by atoms with van der Waals surface area (Å²) in [5.74, 6) is -1.85. The zero-order valence-electron chi connectivity index (χ0n) is 24.8. The lowest BCUT2D eigenvalue weighted by Gasteiger charge is -2.39. The molecule has 0 aliphatic heterocycles. The molecule has 6 heteroatoms. The maximum atomic E-state index is 12.0. The number of esters is 1. The van der Waals surface area contributed by atoms with E-state index in [-0.39, 0.29) is 12.5 Å². The van der Waals surface area contributed by atoms with Crippen LogP contribution >= 0.6 is 0 Å². The highest BCUT2D eigenvalue weighted by Crippen LogP contribution is 2.30. The fourth-order valence-electron chi connectivity index (χ4n) is 5.38. The van der Waals surface area contributed by atoms with E-state index >= 15 is 0 Å². The maximum Gasteiger partial charge on any atom is 0.323 e. The van der Waals surface area contributed by atoms with E-state index in [2.05, 4.69) is 27.7 Å². The summed E-state index contributed by atoms with van der Waals surface area (Å²) in [4.78, 5) is 22.7. The second-order valence-corrected chi connectivity index (χ2v) is 11.2. The minimum Gasteiger partial charge on any atom is -0.550 e. The molecule has 1 aliphatic rings. The standard InChI is InChI=1S/C16H21NO4.C16H36N/c17-14(12-6-8-13(9-7-12)15(18)19)16(20)21-10-11-4-2-1-3-5-11;1-5-9-13-17(14-10-6-2,15-11-7-3)16-12-8-4/h1-5,12-14H,6-10,17H2,(H,18,19);5-16H2,1-4H3/q;+1/p-1. The van der Waals surface area contributed by atoms with Gasteiger partial charge in [-0.25, -0.2) is 0 Å². The van der Waals surface area contributed by atoms with Gasteiger partial charge in [0, 0.05) is 5.97 Å². The number of aliphatic carboxylic acids is 1. The van der Waals surface area contributed by atoms with Gasteiger partial charge in [-0.2, -0.15) is 0 Å². The number of carboxylic acid groups (broad SMARTS) is 1. The molecule has 0 saturated heterocycles. The van der Waals surface area contributed by atoms with Gasteiger partial charge in [0.15, 0.2) is 0 Å². The minimum absolute atomic E-state index is 0.0103. The lowest BCUT2D eigenvalue weighted by atomic mass is 9.79. The van der Waals surface area contributed by atoms with Gasteiger partial charge in [0.1, 0.15) is 12.6 Å². The van der Waals surface area contributed by atoms with Crippen LogP contribution in [0.3, 0.4) is 0 Å². The van der Waals surface area contributed by atoms with Crippen molar-refractivity contribution >= 4 is 11.9 Å². The molecule has 0 amide bonds. The summed E-state index contributed by atoms with van der Waals surface area (Å²) in [5.41, 5.74) is 6.86. The lowest BCUT2D eigenvalue weighted by Crippen LogP contribution is -2.50. The number of carbonyl (C=O) groups is 2. The molecule has 1 unspecified atom stereocenters. The Morgan fingerprint density at radius 3 is 1.68 bits per heavy atom. The molecule has 0 heterocycles. The molecule has 0 aromatic heterocycles. The van der Waals surface area contributed by atoms with Gasteiger partial charge in [0.2, 0.25) is 0 Å². The highest BCUT2D eigenvalue weighted by atomic mass is 16.5. The van der Waals surface area contributed by atoms with Crippen LogP contribution in [0.1, 0.15) is 110 Å². The number of nitrogens with two attached hydrogens (primary N) is 1. The number of benzene rings is 1. The van der Waals surface area contributed by atoms with Crippen LogP contribution < -0.4 is 10.8 Å². The highest BCUT2D eigenvalue weighted by molar-refractivity contribution is 5.76. The predicted molar refractivity (Wildman–Crippen MR) is 154 cm³/mol. The molecular weight excluding hydrogens is 476 g/mol. The van der Waals surface area contributed by atoms with Crippen LogP contribution in [0.4, 0.5) is 0 Å². The molecule has 1 aromatic rings. The van der Waals surface area contributed by atoms with Crippen LogP contribution in [0, 0.1) is 11.8 Å². The van der Waals surface area contributed by atoms with Gasteiger partial charge >= 0.3 is 5.97 Å². The van der Waals surface area contributed by atoms with Crippen LogP contribution in [0.5, 0.6) is 0 Å². The lowest BCUT2D eigenvalue weighted by molar-refractivity contribution is -0.929. The van der Waals surface area contributed by atoms with Crippen LogP contribution in [-0.4, -0.2) is 48.6 Å². The number of hydrogen-bond acceptors (Lipinski definition) is 5. The van der Waals surface area contributed by atoms with E-state index in [1.54, 1.807) is 0 Å². The average Bonchev–Trinajstić information content (AvgIpc) is 2.95. The summed E-state index contributed by atoms with van der Waals surface area (Å²) < 4.78 is 6.64. The zero-order chi connectivity index (χ0) is 28.2. The van der Waals surface area contributed by atoms with Crippen molar-refractivity contribution < 1.29 is 23.9 Å². The summed E-state index contributed by atoms with van der Waals surface area (Å²) in [6.45, 7) is 15.2. The first-order chi connectivity index (χ1) is 18.3. The van der Waals surface area contributed by atoms with Gasteiger partial charge in [-0.3, -0.25) is 4.79 Å². The van der Waals surface area contributed by atoms with E-state index < -0.39 is 23.9 Å². The fourth-order valence-corrected chi connectivity index (χ4v) is 5.38. The molecule has 6 nitrogen and oxygen atoms in total. The number of carboxylic acids is 1. The van der Waals surface area contributed by atoms with Gasteiger partial charge < -0.3 is 24.9 Å². The van der Waals surface area contributed by atoms with Crippen LogP contribution in [0.15, 0.2) is 30.3 Å². The third kappa shape index (κ3) is 13.2. The van der Waals surface area contributed by atoms with Gasteiger partial charge in [-0.05, 0) is 68.8 Å². The van der Waals surface area contributed by atoms with E-state index in [1.165, 1.54) is 82.0 Å². The number of nitrogens with zero attached hydrogens (tertiary/aromatic N) is 1. The van der Waals surface area contributed by atoms with Crippen molar-refractivity contribution in [1.29, 1.82) is 0 Å². The zero-order valence-corrected chi connectivity index (χ0v) is 24.8. The predicted octanol–water partition coefficient (Wildman–Crippen LogP) is 5.62. The van der Waals surface area contributed by atoms with E-state index in [1.807, 2.05) is 30.3 Å². The third-order valence-corrected chi connectivity index (χ3v) is 8.05. The van der Waals surface area contributed by atoms with Crippen molar-refractivity contribution in [3.05, 3.63) is 35.9 Å². The van der Waals surface area contributed by atoms with Crippen LogP contribution in [-0.2, 0) is 20.9 Å². The summed E-state index contributed by atoms with van der Waals surface area (Å²) >= 11 is 0. The van der Waals surface area contributed by atoms with Gasteiger partial charge in [-0.15, -0.1) is 0 Å². The second-order valence-electron chi connectivity index (χ2n) is 11.2. The van der Waals surface area contributed by atoms with Crippen molar-refractivity contribution in [3.63, 3.8) is 0 Å². The largest absolute Gasteiger partial charge is 0.550 e. The van der Waals surface area contributed by atoms with Crippen LogP contribution in [0.2, 0.25) is 0 Å². The van der Waals surface area contributed by atoms with Crippen molar-refractivity contribution in [2.24, 2.45) is 17.6 Å². The Labute approximate surface area is 232 Å². The molecule has 1 fully saturated rings. The minimum atomic E-state index is -1.01. The average molecular weight is 533 g/mol. The van der Waals surface area contributed by atoms with Crippen molar-refractivity contribution in [2.75, 3.05) is 26.2 Å². The number of unbranched alkanes of at least 4 members (excludes halogenated alkanes) is 4. The third-order valence-electron chi connectivity index (χ3n) is 8.05. The summed E-state index contributed by atoms with van der Waals surface area (Å²) in [5, 5.41) is 10.8. The van der Waals surface area contributed by atoms with E-state index in [4.69, 9.17) is 10.5 Å². The number of quaternary nitrogens is 1. The molecule has 0 radical (unpaired) electrons. The monoisotopic (exact) mass is 532 g/mol. The van der Waals surface area contributed by atoms with E-state index in [0.717, 1.165) is 5.56 Å². The van der Waals surface area contributed by atoms with Gasteiger partial charge in [0.25, 0.3) is 0 Å². The molecule has 1 aliphatic carbocycles. The summed E-state index contributed by atoms with van der Waals surface area (Å²) in [6, 6.07) is 8.73. The Bertz CT molecular complexity index is 710. The Morgan fingerprint density at radius 2 is 1.29 bits per heavy atom. The van der Waals surface area contributed by atoms with Crippen LogP contribution in [0.25, 0.3) is 0 Å². The topological polar surface area (TPSA) is 92.5 Å². The molecule has 218 valence electrons. The Balaban J connectivity index is 0.000000391. The number of rotatable bonds is 17. The Kier molecular flexibility index (Phi) is 18.0. The smallest absolute Gasteiger partial charge is 0.323 e. The summed E-state index contributed by atoms with van der Waals surface area (Å²) in [7, 11) is 0. The number of hydrogen-bond donors (Lipinski definition) is 1. The maximum absolute atomic E-state index is 12.0. The molecule has 2 rings (SSSR count). The second kappa shape index (κ2) is 20.0. The molecule has 1 atom stereocenters. The van der Waals surface area contributed by atoms with Gasteiger partial charge in [0.05, 0.1) is 26.2 Å². The normalized spacial score (nSPS) is 18.2. The number of carbonyl (C=O) groups excluding carboxylic acids is 2. The van der Waals surface area contributed by atoms with Crippen molar-refractivity contribution in [3.8, 4) is 0 Å². The molecule has 38 heavy (non-hydrogen) atoms. The molecule has 0 spiro atoms. The molecule has 0 bridgehead atoms. The molecule has 1 saturated carbocycles. The Morgan fingerprint density at radius 1 is 0.842 bits per heavy atom. The fraction of sp³-hybridized carbons (Fsp3) is 0.750. The van der Waals surface area contributed by atoms with Gasteiger partial charge in [-0.1, -0.05) is 83.7 Å². The first-order valence-electron chi connectivity index (χ1n) is 15.3. The van der Waals surface area contributed by atoms with Crippen molar-refractivity contribution in [2.45, 2.75) is 117 Å². The quantitative estimate of drug-likeness (QED) is 0.208.